The fourth-order valence-electron chi connectivity index (χ4n) is 1.58. The summed E-state index contributed by atoms with van der Waals surface area (Å²) in [7, 11) is 0. The van der Waals surface area contributed by atoms with Crippen LogP contribution in [0.1, 0.15) is 12.0 Å². The van der Waals surface area contributed by atoms with Crippen molar-refractivity contribution < 1.29 is 19.1 Å². The van der Waals surface area contributed by atoms with Gasteiger partial charge in [0.25, 0.3) is 0 Å². The van der Waals surface area contributed by atoms with Crippen LogP contribution in [-0.2, 0) is 4.79 Å². The van der Waals surface area contributed by atoms with Gasteiger partial charge in [-0.05, 0) is 49.1 Å². The molecule has 110 valence electrons. The summed E-state index contributed by atoms with van der Waals surface area (Å²) < 4.78 is 12.9. The first-order valence-corrected chi connectivity index (χ1v) is 7.39. The van der Waals surface area contributed by atoms with E-state index in [2.05, 4.69) is 10.6 Å². The van der Waals surface area contributed by atoms with Crippen LogP contribution < -0.4 is 10.6 Å². The van der Waals surface area contributed by atoms with E-state index >= 15 is 0 Å². The molecule has 0 heterocycles. The van der Waals surface area contributed by atoms with Gasteiger partial charge in [0, 0.05) is 5.69 Å². The third-order valence-electron chi connectivity index (χ3n) is 2.65. The van der Waals surface area contributed by atoms with Gasteiger partial charge in [-0.15, -0.1) is 0 Å². The highest BCUT2D eigenvalue weighted by Gasteiger charge is 2.19. The number of carbonyl (C=O) groups excluding carboxylic acids is 1. The number of hydrogen-bond acceptors (Lipinski definition) is 3. The lowest BCUT2D eigenvalue weighted by Crippen LogP contribution is -2.43. The van der Waals surface area contributed by atoms with Gasteiger partial charge in [0.2, 0.25) is 0 Å². The summed E-state index contributed by atoms with van der Waals surface area (Å²) in [4.78, 5) is 22.7. The molecule has 7 heteroatoms. The van der Waals surface area contributed by atoms with Crippen molar-refractivity contribution in [3.63, 3.8) is 0 Å². The Balaban J connectivity index is 2.63. The van der Waals surface area contributed by atoms with Gasteiger partial charge in [-0.3, -0.25) is 0 Å². The number of hydrogen-bond donors (Lipinski definition) is 3. The van der Waals surface area contributed by atoms with Crippen LogP contribution in [0.2, 0.25) is 0 Å². The van der Waals surface area contributed by atoms with Crippen LogP contribution in [0.3, 0.4) is 0 Å². The van der Waals surface area contributed by atoms with Crippen LogP contribution in [-0.4, -0.2) is 35.2 Å². The molecule has 0 aromatic heterocycles. The maximum atomic E-state index is 12.9. The van der Waals surface area contributed by atoms with Crippen LogP contribution in [0, 0.1) is 12.7 Å². The summed E-state index contributed by atoms with van der Waals surface area (Å²) in [5.74, 6) is -0.839. The molecule has 3 N–H and O–H groups in total. The molecule has 1 atom stereocenters. The summed E-state index contributed by atoms with van der Waals surface area (Å²) >= 11 is 1.51. The fraction of sp³-hybridized carbons (Fsp3) is 0.385. The van der Waals surface area contributed by atoms with Gasteiger partial charge in [0.05, 0.1) is 0 Å². The molecule has 2 amide bonds. The van der Waals surface area contributed by atoms with Crippen molar-refractivity contribution in [3.8, 4) is 0 Å². The molecule has 1 rings (SSSR count). The van der Waals surface area contributed by atoms with E-state index in [1.807, 2.05) is 6.26 Å². The average Bonchev–Trinajstić information content (AvgIpc) is 2.37. The molecule has 5 nitrogen and oxygen atoms in total. The van der Waals surface area contributed by atoms with Crippen molar-refractivity contribution in [1.82, 2.24) is 5.32 Å². The van der Waals surface area contributed by atoms with E-state index in [0.29, 0.717) is 23.4 Å². The number of aryl methyl sites for hydroxylation is 1. The van der Waals surface area contributed by atoms with Gasteiger partial charge in [-0.1, -0.05) is 0 Å². The lowest BCUT2D eigenvalue weighted by molar-refractivity contribution is -0.139. The number of halogens is 1. The number of carbonyl (C=O) groups is 2. The first kappa shape index (κ1) is 16.3. The Labute approximate surface area is 120 Å². The minimum absolute atomic E-state index is 0.340. The number of carboxylic acids is 1. The van der Waals surface area contributed by atoms with E-state index in [4.69, 9.17) is 5.11 Å². The van der Waals surface area contributed by atoms with E-state index in [1.165, 1.54) is 30.0 Å². The number of carboxylic acid groups (broad SMARTS) is 1. The van der Waals surface area contributed by atoms with E-state index in [0.717, 1.165) is 0 Å². The molecular weight excluding hydrogens is 283 g/mol. The second kappa shape index (κ2) is 7.74. The van der Waals surface area contributed by atoms with E-state index < -0.39 is 23.9 Å². The first-order chi connectivity index (χ1) is 9.43. The number of urea groups is 1. The second-order valence-corrected chi connectivity index (χ2v) is 5.22. The lowest BCUT2D eigenvalue weighted by atomic mass is 10.2. The van der Waals surface area contributed by atoms with Crippen molar-refractivity contribution in [2.45, 2.75) is 19.4 Å². The fourth-order valence-corrected chi connectivity index (χ4v) is 2.05. The molecule has 20 heavy (non-hydrogen) atoms. The molecule has 0 aliphatic heterocycles. The van der Waals surface area contributed by atoms with Gasteiger partial charge in [-0.25, -0.2) is 14.0 Å². The summed E-state index contributed by atoms with van der Waals surface area (Å²) in [5.41, 5.74) is 1.01. The Morgan fingerprint density at radius 1 is 1.45 bits per heavy atom. The molecule has 0 radical (unpaired) electrons. The molecule has 0 spiro atoms. The molecular formula is C13H17FN2O3S. The number of aliphatic carboxylic acids is 1. The molecule has 0 saturated heterocycles. The number of anilines is 1. The Kier molecular flexibility index (Phi) is 6.30. The molecule has 0 aliphatic carbocycles. The normalized spacial score (nSPS) is 11.8. The van der Waals surface area contributed by atoms with Crippen LogP contribution in [0.4, 0.5) is 14.9 Å². The van der Waals surface area contributed by atoms with Gasteiger partial charge in [0.1, 0.15) is 11.9 Å². The number of rotatable bonds is 6. The van der Waals surface area contributed by atoms with E-state index in [-0.39, 0.29) is 0 Å². The zero-order valence-electron chi connectivity index (χ0n) is 11.3. The van der Waals surface area contributed by atoms with Crippen molar-refractivity contribution in [1.29, 1.82) is 0 Å². The highest BCUT2D eigenvalue weighted by molar-refractivity contribution is 7.98. The summed E-state index contributed by atoms with van der Waals surface area (Å²) in [6.45, 7) is 1.65. The number of nitrogens with one attached hydrogen (secondary N) is 2. The smallest absolute Gasteiger partial charge is 0.326 e. The van der Waals surface area contributed by atoms with Crippen LogP contribution in [0.5, 0.6) is 0 Å². The maximum absolute atomic E-state index is 12.9. The molecule has 0 saturated carbocycles. The monoisotopic (exact) mass is 300 g/mol. The van der Waals surface area contributed by atoms with Gasteiger partial charge < -0.3 is 15.7 Å². The molecule has 1 aromatic rings. The quantitative estimate of drug-likeness (QED) is 0.754. The van der Waals surface area contributed by atoms with Crippen molar-refractivity contribution in [2.24, 2.45) is 0 Å². The van der Waals surface area contributed by atoms with Crippen LogP contribution in [0.15, 0.2) is 18.2 Å². The third-order valence-corrected chi connectivity index (χ3v) is 3.29. The van der Waals surface area contributed by atoms with Crippen LogP contribution >= 0.6 is 11.8 Å². The Bertz CT molecular complexity index is 497. The topological polar surface area (TPSA) is 78.4 Å². The highest BCUT2D eigenvalue weighted by Crippen LogP contribution is 2.15. The van der Waals surface area contributed by atoms with Crippen molar-refractivity contribution in [2.75, 3.05) is 17.3 Å². The number of thioether (sulfide) groups is 1. The first-order valence-electron chi connectivity index (χ1n) is 5.99. The highest BCUT2D eigenvalue weighted by atomic mass is 32.2. The molecule has 1 unspecified atom stereocenters. The molecule has 1 aromatic carbocycles. The van der Waals surface area contributed by atoms with Gasteiger partial charge in [0.15, 0.2) is 0 Å². The minimum atomic E-state index is -1.08. The zero-order chi connectivity index (χ0) is 15.1. The number of benzene rings is 1. The average molecular weight is 300 g/mol. The number of amides is 2. The van der Waals surface area contributed by atoms with E-state index in [1.54, 1.807) is 6.92 Å². The summed E-state index contributed by atoms with van der Waals surface area (Å²) in [6, 6.07) is 2.39. The molecule has 0 fully saturated rings. The predicted octanol–water partition coefficient (Wildman–Crippen LogP) is 2.46. The molecule has 0 aliphatic rings. The molecule has 0 bridgehead atoms. The summed E-state index contributed by atoms with van der Waals surface area (Å²) in [6.07, 6.45) is 2.20. The van der Waals surface area contributed by atoms with Crippen molar-refractivity contribution >= 4 is 29.4 Å². The predicted molar refractivity (Wildman–Crippen MR) is 77.7 cm³/mol. The van der Waals surface area contributed by atoms with Crippen molar-refractivity contribution in [3.05, 3.63) is 29.6 Å². The Morgan fingerprint density at radius 3 is 2.70 bits per heavy atom. The standard InChI is InChI=1S/C13H17FN2O3S/c1-8-7-9(14)3-4-10(8)15-13(19)16-11(12(17)18)5-6-20-2/h3-4,7,11H,5-6H2,1-2H3,(H,17,18)(H2,15,16,19). The van der Waals surface area contributed by atoms with Gasteiger partial charge in [-0.2, -0.15) is 11.8 Å². The van der Waals surface area contributed by atoms with E-state index in [9.17, 15) is 14.0 Å². The maximum Gasteiger partial charge on any atom is 0.326 e. The Morgan fingerprint density at radius 2 is 2.15 bits per heavy atom. The Hall–Kier alpha value is -1.76. The summed E-state index contributed by atoms with van der Waals surface area (Å²) in [5, 5.41) is 13.9. The SMILES string of the molecule is CSCCC(NC(=O)Nc1ccc(F)cc1C)C(=O)O. The van der Waals surface area contributed by atoms with Crippen LogP contribution in [0.25, 0.3) is 0 Å². The largest absolute Gasteiger partial charge is 0.480 e. The second-order valence-electron chi connectivity index (χ2n) is 4.23. The van der Waals surface area contributed by atoms with Gasteiger partial charge >= 0.3 is 12.0 Å². The minimum Gasteiger partial charge on any atom is -0.480 e. The third kappa shape index (κ3) is 5.08. The zero-order valence-corrected chi connectivity index (χ0v) is 12.1. The lowest BCUT2D eigenvalue weighted by Gasteiger charge is -2.15.